The number of fused-ring (bicyclic) bond motifs is 5. The molecule has 0 bridgehead atoms. The van der Waals surface area contributed by atoms with E-state index in [9.17, 15) is 29.1 Å². The second kappa shape index (κ2) is 23.5. The molecule has 0 saturated carbocycles. The van der Waals surface area contributed by atoms with Crippen molar-refractivity contribution in [3.8, 4) is 11.1 Å². The molecule has 19 nitrogen and oxygen atoms in total. The van der Waals surface area contributed by atoms with Crippen molar-refractivity contribution >= 4 is 29.7 Å². The minimum Gasteiger partial charge on any atom is -0.456 e. The van der Waals surface area contributed by atoms with Crippen LogP contribution in [0.1, 0.15) is 71.9 Å². The van der Waals surface area contributed by atoms with Gasteiger partial charge in [-0.15, -0.1) is 0 Å². The lowest BCUT2D eigenvalue weighted by molar-refractivity contribution is -0.385. The number of nitrogens with one attached hydrogen (secondary N) is 3. The standard InChI is InChI=1S/C57H59N3O16/c1-31(45(52(65)67-28-42(63)34-17-7-4-8-18-34)60-57(66)70-27-41-39-25-15-13-23-37(39)38-24-14-16-26-40(38)41)71-56-47(59-33(3)62)51(50-44(73-56)30-69-54(75-50)36-21-11-6-12-22-36)76-55-46(58-32(2)61)48(64)49-43(72-55)29-68-53(74-49)35-19-9-5-10-20-35/h4-26,31,41,43-51,53-56,64H,27-30H2,1-3H3,(H,58,61)(H,59,62)(H,60,66)/t31-,43-,44-,45+,46-,47-,48-,49+,50+,51-,53+,54+,55-,56+/m1/s1. The van der Waals surface area contributed by atoms with Crippen LogP contribution in [0.25, 0.3) is 11.1 Å². The van der Waals surface area contributed by atoms with Crippen molar-refractivity contribution in [3.05, 3.63) is 167 Å². The van der Waals surface area contributed by atoms with Gasteiger partial charge in [-0.1, -0.05) is 140 Å². The van der Waals surface area contributed by atoms with Crippen molar-refractivity contribution in [2.45, 2.75) is 113 Å². The van der Waals surface area contributed by atoms with Crippen molar-refractivity contribution in [1.29, 1.82) is 0 Å². The van der Waals surface area contributed by atoms with Gasteiger partial charge in [-0.25, -0.2) is 9.59 Å². The first-order valence-electron chi connectivity index (χ1n) is 25.2. The summed E-state index contributed by atoms with van der Waals surface area (Å²) in [4.78, 5) is 67.6. The van der Waals surface area contributed by atoms with Crippen LogP contribution in [0.3, 0.4) is 0 Å². The molecule has 5 aromatic carbocycles. The number of hydrogen-bond donors (Lipinski definition) is 4. The number of esters is 1. The molecule has 5 aliphatic rings. The van der Waals surface area contributed by atoms with Gasteiger partial charge in [0.1, 0.15) is 55.3 Å². The Morgan fingerprint density at radius 3 is 1.72 bits per heavy atom. The highest BCUT2D eigenvalue weighted by Crippen LogP contribution is 2.45. The Balaban J connectivity index is 0.928. The lowest BCUT2D eigenvalue weighted by Crippen LogP contribution is -2.71. The lowest BCUT2D eigenvalue weighted by Gasteiger charge is -2.52. The molecule has 4 saturated heterocycles. The average molecular weight is 1040 g/mol. The van der Waals surface area contributed by atoms with Gasteiger partial charge >= 0.3 is 12.1 Å². The van der Waals surface area contributed by atoms with E-state index < -0.39 is 122 Å². The molecule has 5 aromatic rings. The van der Waals surface area contributed by atoms with Crippen molar-refractivity contribution in [2.75, 3.05) is 26.4 Å². The molecule has 3 amide bonds. The molecular formula is C57H59N3O16. The van der Waals surface area contributed by atoms with Gasteiger partial charge in [-0.3, -0.25) is 14.4 Å². The molecule has 4 aliphatic heterocycles. The maximum Gasteiger partial charge on any atom is 0.407 e. The third-order valence-corrected chi connectivity index (χ3v) is 14.0. The number of Topliss-reactive ketones (excluding diaryl/α,β-unsaturated/α-hetero) is 1. The van der Waals surface area contributed by atoms with Crippen molar-refractivity contribution in [1.82, 2.24) is 16.0 Å². The van der Waals surface area contributed by atoms with Crippen LogP contribution in [0.4, 0.5) is 4.79 Å². The second-order valence-electron chi connectivity index (χ2n) is 19.2. The number of hydrogen-bond acceptors (Lipinski definition) is 16. The van der Waals surface area contributed by atoms with E-state index in [1.165, 1.54) is 20.8 Å². The number of carbonyl (C=O) groups excluding carboxylic acids is 5. The zero-order valence-corrected chi connectivity index (χ0v) is 41.8. The summed E-state index contributed by atoms with van der Waals surface area (Å²) in [5.41, 5.74) is 5.65. The predicted octanol–water partition coefficient (Wildman–Crippen LogP) is 5.16. The molecule has 4 N–H and O–H groups in total. The van der Waals surface area contributed by atoms with Crippen LogP contribution in [-0.2, 0) is 61.8 Å². The number of benzene rings is 5. The van der Waals surface area contributed by atoms with Gasteiger partial charge in [0.05, 0.1) is 19.3 Å². The Bertz CT molecular complexity index is 2800. The van der Waals surface area contributed by atoms with Gasteiger partial charge in [-0.2, -0.15) is 0 Å². The first kappa shape index (κ1) is 52.5. The van der Waals surface area contributed by atoms with Crippen LogP contribution in [0.2, 0.25) is 0 Å². The molecule has 4 fully saturated rings. The van der Waals surface area contributed by atoms with Crippen molar-refractivity contribution in [3.63, 3.8) is 0 Å². The zero-order valence-electron chi connectivity index (χ0n) is 41.8. The molecule has 76 heavy (non-hydrogen) atoms. The molecule has 0 aromatic heterocycles. The molecular weight excluding hydrogens is 983 g/mol. The van der Waals surface area contributed by atoms with Crippen LogP contribution in [0.5, 0.6) is 0 Å². The Morgan fingerprint density at radius 1 is 0.618 bits per heavy atom. The van der Waals surface area contributed by atoms with Gasteiger partial charge in [0.25, 0.3) is 0 Å². The van der Waals surface area contributed by atoms with Crippen molar-refractivity contribution < 1.29 is 76.4 Å². The third-order valence-electron chi connectivity index (χ3n) is 14.0. The van der Waals surface area contributed by atoms with Crippen LogP contribution in [0.15, 0.2) is 140 Å². The number of aliphatic hydroxyl groups is 1. The Hall–Kier alpha value is -6.91. The maximum absolute atomic E-state index is 14.2. The summed E-state index contributed by atoms with van der Waals surface area (Å²) in [5, 5.41) is 20.3. The average Bonchev–Trinajstić information content (AvgIpc) is 3.81. The predicted molar refractivity (Wildman–Crippen MR) is 268 cm³/mol. The molecule has 0 radical (unpaired) electrons. The van der Waals surface area contributed by atoms with Gasteiger partial charge in [0.15, 0.2) is 43.6 Å². The Morgan fingerprint density at radius 2 is 1.13 bits per heavy atom. The van der Waals surface area contributed by atoms with E-state index in [0.717, 1.165) is 22.3 Å². The smallest absolute Gasteiger partial charge is 0.407 e. The van der Waals surface area contributed by atoms with Gasteiger partial charge in [-0.05, 0) is 29.2 Å². The molecule has 398 valence electrons. The summed E-state index contributed by atoms with van der Waals surface area (Å²) in [6.45, 7) is 3.15. The third kappa shape index (κ3) is 11.6. The van der Waals surface area contributed by atoms with E-state index in [1.54, 1.807) is 30.3 Å². The highest BCUT2D eigenvalue weighted by atomic mass is 16.8. The monoisotopic (exact) mass is 1040 g/mol. The first-order chi connectivity index (χ1) is 36.9. The summed E-state index contributed by atoms with van der Waals surface area (Å²) < 4.78 is 63.2. The van der Waals surface area contributed by atoms with E-state index in [4.69, 9.17) is 47.4 Å². The molecule has 19 heteroatoms. The number of aliphatic hydroxyl groups excluding tert-OH is 1. The minimum atomic E-state index is -1.64. The number of ketones is 1. The summed E-state index contributed by atoms with van der Waals surface area (Å²) >= 11 is 0. The molecule has 14 atom stereocenters. The number of amides is 3. The SMILES string of the molecule is CC(=O)N[C@H]1[C@@H](O[C@@H]2[C@@H](NC(C)=O)[C@@H](O[C@H](C)[C@H](NC(=O)OCC3c4ccccc4-c4ccccc43)C(=O)OCC(=O)c3ccccc3)O[C@@H]3CO[C@H](c4ccccc4)O[C@H]23)O[C@@H]2CO[C@H](c3ccccc3)O[C@@H]2[C@@H]1O. The fourth-order valence-electron chi connectivity index (χ4n) is 10.4. The van der Waals surface area contributed by atoms with Gasteiger partial charge in [0, 0.05) is 36.5 Å². The molecule has 10 rings (SSSR count). The van der Waals surface area contributed by atoms with Crippen LogP contribution in [0, 0.1) is 0 Å². The highest BCUT2D eigenvalue weighted by Gasteiger charge is 2.57. The minimum absolute atomic E-state index is 0.0301. The van der Waals surface area contributed by atoms with Crippen LogP contribution in [-0.4, -0.2) is 135 Å². The van der Waals surface area contributed by atoms with E-state index in [-0.39, 0.29) is 25.7 Å². The molecule has 4 heterocycles. The maximum atomic E-state index is 14.2. The number of alkyl carbamates (subject to hydrolysis) is 1. The second-order valence-corrected chi connectivity index (χ2v) is 19.2. The van der Waals surface area contributed by atoms with E-state index in [1.807, 2.05) is 109 Å². The summed E-state index contributed by atoms with van der Waals surface area (Å²) in [7, 11) is 0. The Labute approximate surface area is 438 Å². The van der Waals surface area contributed by atoms with Gasteiger partial charge in [0.2, 0.25) is 11.8 Å². The van der Waals surface area contributed by atoms with Crippen LogP contribution >= 0.6 is 0 Å². The summed E-state index contributed by atoms with van der Waals surface area (Å²) in [6, 6.07) is 38.0. The normalized spacial score (nSPS) is 28.4. The van der Waals surface area contributed by atoms with Crippen LogP contribution < -0.4 is 16.0 Å². The summed E-state index contributed by atoms with van der Waals surface area (Å²) in [5.74, 6) is -2.91. The number of rotatable bonds is 16. The van der Waals surface area contributed by atoms with E-state index in [0.29, 0.717) is 16.7 Å². The summed E-state index contributed by atoms with van der Waals surface area (Å²) in [6.07, 6.45) is -13.6. The number of ether oxygens (including phenoxy) is 10. The van der Waals surface area contributed by atoms with E-state index >= 15 is 0 Å². The van der Waals surface area contributed by atoms with Gasteiger partial charge < -0.3 is 68.4 Å². The number of carbonyl (C=O) groups is 5. The fraction of sp³-hybridized carbons (Fsp3) is 0.386. The fourth-order valence-corrected chi connectivity index (χ4v) is 10.4. The largest absolute Gasteiger partial charge is 0.456 e. The Kier molecular flexibility index (Phi) is 16.3. The molecule has 1 aliphatic carbocycles. The molecule has 0 spiro atoms. The lowest BCUT2D eigenvalue weighted by atomic mass is 9.93. The van der Waals surface area contributed by atoms with Crippen molar-refractivity contribution in [2.24, 2.45) is 0 Å². The molecule has 0 unspecified atom stereocenters. The van der Waals surface area contributed by atoms with E-state index in [2.05, 4.69) is 16.0 Å². The topological polar surface area (TPSA) is 234 Å². The zero-order chi connectivity index (χ0) is 52.9. The quantitative estimate of drug-likeness (QED) is 0.0738. The first-order valence-corrected chi connectivity index (χ1v) is 25.2. The highest BCUT2D eigenvalue weighted by molar-refractivity contribution is 5.98.